The Hall–Kier alpha value is -1.14. The lowest BCUT2D eigenvalue weighted by Gasteiger charge is -2.08. The molecule has 0 radical (unpaired) electrons. The van der Waals surface area contributed by atoms with Crippen LogP contribution in [-0.2, 0) is 6.18 Å². The summed E-state index contributed by atoms with van der Waals surface area (Å²) in [6.07, 6.45) is -4.40. The summed E-state index contributed by atoms with van der Waals surface area (Å²) in [4.78, 5) is 12.2. The Balaban J connectivity index is 2.34. The van der Waals surface area contributed by atoms with Crippen LogP contribution in [0.5, 0.6) is 0 Å². The third kappa shape index (κ3) is 3.30. The molecule has 0 fully saturated rings. The van der Waals surface area contributed by atoms with Gasteiger partial charge >= 0.3 is 6.18 Å². The van der Waals surface area contributed by atoms with Crippen molar-refractivity contribution in [1.82, 2.24) is 0 Å². The van der Waals surface area contributed by atoms with Crippen molar-refractivity contribution in [3.63, 3.8) is 0 Å². The van der Waals surface area contributed by atoms with Crippen molar-refractivity contribution in [3.05, 3.63) is 68.1 Å². The molecule has 0 N–H and O–H groups in total. The molecular weight excluding hydrogens is 401 g/mol. The molecule has 0 amide bonds. The van der Waals surface area contributed by atoms with E-state index < -0.39 is 11.7 Å². The van der Waals surface area contributed by atoms with E-state index in [1.165, 1.54) is 12.1 Å². The van der Waals surface area contributed by atoms with Gasteiger partial charge in [0, 0.05) is 20.1 Å². The van der Waals surface area contributed by atoms with Crippen molar-refractivity contribution in [1.29, 1.82) is 0 Å². The van der Waals surface area contributed by atoms with Crippen LogP contribution in [0.4, 0.5) is 13.2 Å². The number of alkyl halides is 3. The van der Waals surface area contributed by atoms with E-state index in [1.807, 2.05) is 0 Å². The van der Waals surface area contributed by atoms with Crippen molar-refractivity contribution in [2.45, 2.75) is 6.18 Å². The molecule has 2 aromatic rings. The van der Waals surface area contributed by atoms with E-state index in [-0.39, 0.29) is 11.3 Å². The molecule has 0 spiro atoms. The fourth-order valence-corrected chi connectivity index (χ4v) is 2.87. The maximum Gasteiger partial charge on any atom is 0.416 e. The first kappa shape index (κ1) is 15.3. The molecule has 2 aromatic carbocycles. The average Bonchev–Trinajstić information content (AvgIpc) is 2.37. The van der Waals surface area contributed by atoms with E-state index in [4.69, 9.17) is 0 Å². The summed E-state index contributed by atoms with van der Waals surface area (Å²) < 4.78 is 38.7. The Labute approximate surface area is 130 Å². The molecule has 0 saturated carbocycles. The molecule has 0 aromatic heterocycles. The highest BCUT2D eigenvalue weighted by molar-refractivity contribution is 9.11. The second-order valence-corrected chi connectivity index (χ2v) is 5.80. The average molecular weight is 408 g/mol. The molecule has 104 valence electrons. The van der Waals surface area contributed by atoms with E-state index in [0.717, 1.165) is 16.6 Å². The topological polar surface area (TPSA) is 17.1 Å². The molecule has 0 aliphatic rings. The first-order valence-corrected chi connectivity index (χ1v) is 7.04. The first-order valence-electron chi connectivity index (χ1n) is 5.46. The van der Waals surface area contributed by atoms with E-state index in [1.54, 1.807) is 18.2 Å². The number of hydrogen-bond donors (Lipinski definition) is 0. The zero-order chi connectivity index (χ0) is 14.9. The summed E-state index contributed by atoms with van der Waals surface area (Å²) in [5.74, 6) is -0.335. The van der Waals surface area contributed by atoms with Crippen LogP contribution >= 0.6 is 31.9 Å². The quantitative estimate of drug-likeness (QED) is 0.604. The van der Waals surface area contributed by atoms with Crippen LogP contribution in [0.25, 0.3) is 0 Å². The highest BCUT2D eigenvalue weighted by Gasteiger charge is 2.30. The number of hydrogen-bond acceptors (Lipinski definition) is 1. The van der Waals surface area contributed by atoms with Crippen molar-refractivity contribution in [2.75, 3.05) is 0 Å². The van der Waals surface area contributed by atoms with Gasteiger partial charge in [0.1, 0.15) is 0 Å². The summed E-state index contributed by atoms with van der Waals surface area (Å²) in [5, 5.41) is 0. The van der Waals surface area contributed by atoms with Gasteiger partial charge in [-0.3, -0.25) is 4.79 Å². The van der Waals surface area contributed by atoms with E-state index in [2.05, 4.69) is 31.9 Å². The Kier molecular flexibility index (Phi) is 4.34. The van der Waals surface area contributed by atoms with Gasteiger partial charge in [0.25, 0.3) is 0 Å². The van der Waals surface area contributed by atoms with Gasteiger partial charge in [-0.1, -0.05) is 28.1 Å². The maximum atomic E-state index is 12.5. The Morgan fingerprint density at radius 2 is 1.55 bits per heavy atom. The molecule has 20 heavy (non-hydrogen) atoms. The van der Waals surface area contributed by atoms with Crippen LogP contribution in [0.15, 0.2) is 51.4 Å². The lowest BCUT2D eigenvalue weighted by Crippen LogP contribution is -2.07. The number of ketones is 1. The second kappa shape index (κ2) is 5.69. The molecule has 1 nitrogen and oxygen atoms in total. The minimum atomic E-state index is -4.40. The minimum absolute atomic E-state index is 0.209. The SMILES string of the molecule is O=C(c1ccc(C(F)(F)F)cc1)c1ccc(Br)cc1Br. The molecular formula is C14H7Br2F3O. The van der Waals surface area contributed by atoms with Crippen LogP contribution in [0, 0.1) is 0 Å². The van der Waals surface area contributed by atoms with Gasteiger partial charge in [-0.25, -0.2) is 0 Å². The molecule has 0 bridgehead atoms. The van der Waals surface area contributed by atoms with Gasteiger partial charge < -0.3 is 0 Å². The minimum Gasteiger partial charge on any atom is -0.289 e. The fraction of sp³-hybridized carbons (Fsp3) is 0.0714. The number of carbonyl (C=O) groups is 1. The third-order valence-corrected chi connectivity index (χ3v) is 3.80. The summed E-state index contributed by atoms with van der Waals surface area (Å²) in [5.41, 5.74) is -0.169. The standard InChI is InChI=1S/C14H7Br2F3O/c15-10-5-6-11(12(16)7-10)13(20)8-1-3-9(4-2-8)14(17,18)19/h1-7H. The number of rotatable bonds is 2. The predicted molar refractivity (Wildman–Crippen MR) is 76.7 cm³/mol. The first-order chi connectivity index (χ1) is 9.29. The van der Waals surface area contributed by atoms with Gasteiger partial charge in [0.15, 0.2) is 5.78 Å². The van der Waals surface area contributed by atoms with Crippen molar-refractivity contribution >= 4 is 37.6 Å². The predicted octanol–water partition coefficient (Wildman–Crippen LogP) is 5.46. The largest absolute Gasteiger partial charge is 0.416 e. The van der Waals surface area contributed by atoms with Crippen molar-refractivity contribution in [3.8, 4) is 0 Å². The van der Waals surface area contributed by atoms with Crippen LogP contribution < -0.4 is 0 Å². The van der Waals surface area contributed by atoms with Gasteiger partial charge in [-0.05, 0) is 46.3 Å². The highest BCUT2D eigenvalue weighted by atomic mass is 79.9. The van der Waals surface area contributed by atoms with Gasteiger partial charge in [-0.15, -0.1) is 0 Å². The van der Waals surface area contributed by atoms with Crippen molar-refractivity contribution in [2.24, 2.45) is 0 Å². The summed E-state index contributed by atoms with van der Waals surface area (Å²) in [6, 6.07) is 9.17. The Bertz CT molecular complexity index is 648. The van der Waals surface area contributed by atoms with Crippen LogP contribution in [0.1, 0.15) is 21.5 Å². The van der Waals surface area contributed by atoms with Crippen LogP contribution in [0.3, 0.4) is 0 Å². The Morgan fingerprint density at radius 3 is 2.05 bits per heavy atom. The molecule has 0 unspecified atom stereocenters. The maximum absolute atomic E-state index is 12.5. The van der Waals surface area contributed by atoms with Crippen LogP contribution in [-0.4, -0.2) is 5.78 Å². The molecule has 6 heteroatoms. The van der Waals surface area contributed by atoms with Crippen LogP contribution in [0.2, 0.25) is 0 Å². The molecule has 0 aliphatic heterocycles. The number of halogens is 5. The third-order valence-electron chi connectivity index (χ3n) is 2.65. The summed E-state index contributed by atoms with van der Waals surface area (Å²) >= 11 is 6.53. The summed E-state index contributed by atoms with van der Waals surface area (Å²) in [7, 11) is 0. The van der Waals surface area contributed by atoms with E-state index in [9.17, 15) is 18.0 Å². The molecule has 0 atom stereocenters. The number of benzene rings is 2. The van der Waals surface area contributed by atoms with E-state index >= 15 is 0 Å². The zero-order valence-electron chi connectivity index (χ0n) is 9.84. The Morgan fingerprint density at radius 1 is 0.950 bits per heavy atom. The van der Waals surface area contributed by atoms with Crippen molar-refractivity contribution < 1.29 is 18.0 Å². The molecule has 0 aliphatic carbocycles. The zero-order valence-corrected chi connectivity index (χ0v) is 13.0. The monoisotopic (exact) mass is 406 g/mol. The number of carbonyl (C=O) groups excluding carboxylic acids is 1. The normalized spacial score (nSPS) is 11.4. The van der Waals surface area contributed by atoms with E-state index in [0.29, 0.717) is 10.0 Å². The van der Waals surface area contributed by atoms with Gasteiger partial charge in [0.05, 0.1) is 5.56 Å². The smallest absolute Gasteiger partial charge is 0.289 e. The van der Waals surface area contributed by atoms with Gasteiger partial charge in [-0.2, -0.15) is 13.2 Å². The molecule has 0 saturated heterocycles. The second-order valence-electron chi connectivity index (χ2n) is 4.03. The molecule has 0 heterocycles. The summed E-state index contributed by atoms with van der Waals surface area (Å²) in [6.45, 7) is 0. The fourth-order valence-electron chi connectivity index (χ4n) is 1.64. The highest BCUT2D eigenvalue weighted by Crippen LogP contribution is 2.30. The lowest BCUT2D eigenvalue weighted by molar-refractivity contribution is -0.137. The van der Waals surface area contributed by atoms with Gasteiger partial charge in [0.2, 0.25) is 0 Å². The lowest BCUT2D eigenvalue weighted by atomic mass is 10.0. The molecule has 2 rings (SSSR count).